The van der Waals surface area contributed by atoms with Crippen LogP contribution in [0.15, 0.2) is 30.3 Å². The molecule has 0 aliphatic carbocycles. The van der Waals surface area contributed by atoms with E-state index in [-0.39, 0.29) is 23.0 Å². The lowest BCUT2D eigenvalue weighted by molar-refractivity contribution is -0.145. The van der Waals surface area contributed by atoms with E-state index in [2.05, 4.69) is 40.8 Å². The molecule has 4 heteroatoms. The third kappa shape index (κ3) is 4.43. The van der Waals surface area contributed by atoms with E-state index in [1.165, 1.54) is 7.11 Å². The molecule has 0 N–H and O–H groups in total. The number of ether oxygens (including phenoxy) is 1. The molecule has 0 heterocycles. The minimum absolute atomic E-state index is 0.109. The number of carbonyl (C=O) groups is 1. The maximum absolute atomic E-state index is 12.4. The summed E-state index contributed by atoms with van der Waals surface area (Å²) < 4.78 is 11.6. The Morgan fingerprint density at radius 2 is 1.73 bits per heavy atom. The molecule has 0 bridgehead atoms. The van der Waals surface area contributed by atoms with Crippen LogP contribution in [-0.4, -0.2) is 27.5 Å². The fraction of sp³-hybridized carbons (Fsp3) is 0.611. The molecular formula is C18H30O3Si. The lowest BCUT2D eigenvalue weighted by Crippen LogP contribution is -2.46. The first-order valence-corrected chi connectivity index (χ1v) is 10.9. The molecule has 1 rings (SSSR count). The Balaban J connectivity index is 3.13. The number of benzene rings is 1. The van der Waals surface area contributed by atoms with Gasteiger partial charge in [-0.1, -0.05) is 58.0 Å². The topological polar surface area (TPSA) is 35.5 Å². The molecule has 3 nitrogen and oxygen atoms in total. The predicted molar refractivity (Wildman–Crippen MR) is 93.6 cm³/mol. The number of rotatable bonds is 6. The minimum atomic E-state index is -1.95. The van der Waals surface area contributed by atoms with Gasteiger partial charge in [-0.3, -0.25) is 4.79 Å². The summed E-state index contributed by atoms with van der Waals surface area (Å²) in [5.41, 5.74) is 0.958. The molecule has 0 saturated heterocycles. The van der Waals surface area contributed by atoms with Crippen molar-refractivity contribution in [2.24, 2.45) is 0 Å². The van der Waals surface area contributed by atoms with Crippen LogP contribution in [0, 0.1) is 0 Å². The first kappa shape index (κ1) is 18.9. The Morgan fingerprint density at radius 3 is 2.14 bits per heavy atom. The molecule has 0 aliphatic heterocycles. The highest BCUT2D eigenvalue weighted by Gasteiger charge is 2.42. The lowest BCUT2D eigenvalue weighted by atomic mass is 9.92. The second-order valence-electron chi connectivity index (χ2n) is 7.24. The lowest BCUT2D eigenvalue weighted by Gasteiger charge is -2.40. The van der Waals surface area contributed by atoms with E-state index in [1.54, 1.807) is 0 Å². The van der Waals surface area contributed by atoms with Crippen LogP contribution in [0.4, 0.5) is 0 Å². The quantitative estimate of drug-likeness (QED) is 0.560. The van der Waals surface area contributed by atoms with Crippen LogP contribution in [0.25, 0.3) is 0 Å². The van der Waals surface area contributed by atoms with Gasteiger partial charge in [0.05, 0.1) is 13.2 Å². The molecule has 22 heavy (non-hydrogen) atoms. The van der Waals surface area contributed by atoms with Crippen LogP contribution in [0.5, 0.6) is 0 Å². The molecule has 0 aromatic heterocycles. The van der Waals surface area contributed by atoms with E-state index in [9.17, 15) is 4.79 Å². The Labute approximate surface area is 136 Å². The fourth-order valence-corrected chi connectivity index (χ4v) is 3.65. The van der Waals surface area contributed by atoms with Crippen molar-refractivity contribution in [3.05, 3.63) is 35.9 Å². The first-order valence-electron chi connectivity index (χ1n) is 7.94. The van der Waals surface area contributed by atoms with Gasteiger partial charge in [0.15, 0.2) is 8.32 Å². The standard InChI is InChI=1S/C18H30O3Si/c1-8-15(21-22(6,7)18(2,3)4)16(17(19)20-5)14-12-10-9-11-13-14/h9-13,15-16H,8H2,1-7H3/t15-,16+/m0/s1. The van der Waals surface area contributed by atoms with Gasteiger partial charge in [-0.25, -0.2) is 0 Å². The highest BCUT2D eigenvalue weighted by Crippen LogP contribution is 2.39. The zero-order valence-corrected chi connectivity index (χ0v) is 16.0. The van der Waals surface area contributed by atoms with Crippen molar-refractivity contribution < 1.29 is 14.0 Å². The van der Waals surface area contributed by atoms with Crippen molar-refractivity contribution in [3.63, 3.8) is 0 Å². The summed E-state index contributed by atoms with van der Waals surface area (Å²) in [6.45, 7) is 13.1. The maximum atomic E-state index is 12.4. The van der Waals surface area contributed by atoms with E-state index in [0.29, 0.717) is 0 Å². The van der Waals surface area contributed by atoms with Gasteiger partial charge in [-0.15, -0.1) is 0 Å². The van der Waals surface area contributed by atoms with Crippen molar-refractivity contribution in [2.45, 2.75) is 64.3 Å². The average Bonchev–Trinajstić information content (AvgIpc) is 2.46. The van der Waals surface area contributed by atoms with Crippen molar-refractivity contribution in [3.8, 4) is 0 Å². The monoisotopic (exact) mass is 322 g/mol. The highest BCUT2D eigenvalue weighted by atomic mass is 28.4. The van der Waals surface area contributed by atoms with E-state index in [0.717, 1.165) is 12.0 Å². The Hall–Kier alpha value is -1.13. The van der Waals surface area contributed by atoms with Crippen LogP contribution < -0.4 is 0 Å². The second-order valence-corrected chi connectivity index (χ2v) is 12.0. The van der Waals surface area contributed by atoms with Crippen LogP contribution in [-0.2, 0) is 14.0 Å². The molecule has 0 spiro atoms. The zero-order valence-electron chi connectivity index (χ0n) is 15.0. The molecule has 1 aromatic carbocycles. The summed E-state index contributed by atoms with van der Waals surface area (Å²) in [6.07, 6.45) is 0.622. The van der Waals surface area contributed by atoms with Crippen molar-refractivity contribution in [1.82, 2.24) is 0 Å². The average molecular weight is 323 g/mol. The molecule has 0 unspecified atom stereocenters. The Kier molecular flexibility index (Phi) is 6.38. The van der Waals surface area contributed by atoms with Gasteiger partial charge in [0.2, 0.25) is 0 Å². The predicted octanol–water partition coefficient (Wildman–Crippen LogP) is 4.74. The van der Waals surface area contributed by atoms with Crippen molar-refractivity contribution in [2.75, 3.05) is 7.11 Å². The molecule has 0 amide bonds. The number of esters is 1. The summed E-state index contributed by atoms with van der Waals surface area (Å²) in [4.78, 5) is 12.4. The molecule has 0 saturated carbocycles. The Morgan fingerprint density at radius 1 is 1.18 bits per heavy atom. The third-order valence-electron chi connectivity index (χ3n) is 4.64. The molecule has 1 aromatic rings. The number of hydrogen-bond donors (Lipinski definition) is 0. The first-order chi connectivity index (χ1) is 10.1. The normalized spacial score (nSPS) is 15.2. The summed E-state index contributed by atoms with van der Waals surface area (Å²) >= 11 is 0. The largest absolute Gasteiger partial charge is 0.468 e. The fourth-order valence-electron chi connectivity index (χ4n) is 2.23. The van der Waals surface area contributed by atoms with Gasteiger partial charge in [0.1, 0.15) is 5.92 Å². The summed E-state index contributed by atoms with van der Waals surface area (Å²) in [7, 11) is -0.509. The van der Waals surface area contributed by atoms with Crippen molar-refractivity contribution in [1.29, 1.82) is 0 Å². The van der Waals surface area contributed by atoms with Crippen LogP contribution >= 0.6 is 0 Å². The van der Waals surface area contributed by atoms with E-state index in [1.807, 2.05) is 30.3 Å². The molecule has 0 radical (unpaired) electrons. The number of carbonyl (C=O) groups excluding carboxylic acids is 1. The van der Waals surface area contributed by atoms with Gasteiger partial charge in [-0.05, 0) is 30.1 Å². The minimum Gasteiger partial charge on any atom is -0.468 e. The van der Waals surface area contributed by atoms with Crippen molar-refractivity contribution >= 4 is 14.3 Å². The Bertz CT molecular complexity index is 477. The zero-order chi connectivity index (χ0) is 17.0. The summed E-state index contributed by atoms with van der Waals surface area (Å²) in [6, 6.07) is 9.79. The van der Waals surface area contributed by atoms with Gasteiger partial charge >= 0.3 is 5.97 Å². The molecule has 0 aliphatic rings. The summed E-state index contributed by atoms with van der Waals surface area (Å²) in [5.74, 6) is -0.595. The maximum Gasteiger partial charge on any atom is 0.315 e. The van der Waals surface area contributed by atoms with Crippen LogP contribution in [0.2, 0.25) is 18.1 Å². The molecule has 2 atom stereocenters. The van der Waals surface area contributed by atoms with E-state index < -0.39 is 8.32 Å². The molecule has 124 valence electrons. The highest BCUT2D eigenvalue weighted by molar-refractivity contribution is 6.74. The van der Waals surface area contributed by atoms with Gasteiger partial charge < -0.3 is 9.16 Å². The van der Waals surface area contributed by atoms with Gasteiger partial charge in [0.25, 0.3) is 0 Å². The van der Waals surface area contributed by atoms with Gasteiger partial charge in [-0.2, -0.15) is 0 Å². The van der Waals surface area contributed by atoms with Crippen LogP contribution in [0.1, 0.15) is 45.6 Å². The molecular weight excluding hydrogens is 292 g/mol. The number of hydrogen-bond acceptors (Lipinski definition) is 3. The smallest absolute Gasteiger partial charge is 0.315 e. The van der Waals surface area contributed by atoms with E-state index >= 15 is 0 Å². The number of methoxy groups -OCH3 is 1. The van der Waals surface area contributed by atoms with Crippen LogP contribution in [0.3, 0.4) is 0 Å². The van der Waals surface area contributed by atoms with Gasteiger partial charge in [0, 0.05) is 0 Å². The third-order valence-corrected chi connectivity index (χ3v) is 9.14. The van der Waals surface area contributed by atoms with E-state index in [4.69, 9.17) is 9.16 Å². The second kappa shape index (κ2) is 7.42. The molecule has 0 fully saturated rings. The SMILES string of the molecule is CC[C@H](O[Si](C)(C)C(C)(C)C)[C@H](C(=O)OC)c1ccccc1. The summed E-state index contributed by atoms with van der Waals surface area (Å²) in [5, 5.41) is 0.109.